The van der Waals surface area contributed by atoms with Crippen LogP contribution in [0.3, 0.4) is 0 Å². The minimum atomic E-state index is -0.0769. The number of rotatable bonds is 4. The van der Waals surface area contributed by atoms with Crippen molar-refractivity contribution in [1.82, 2.24) is 10.3 Å². The molecule has 0 saturated heterocycles. The fraction of sp³-hybridized carbons (Fsp3) is 0.308. The van der Waals surface area contributed by atoms with E-state index in [4.69, 9.17) is 4.74 Å². The molecule has 5 heteroatoms. The molecule has 0 aliphatic carbocycles. The smallest absolute Gasteiger partial charge is 0.216 e. The van der Waals surface area contributed by atoms with Gasteiger partial charge in [-0.15, -0.1) is 0 Å². The van der Waals surface area contributed by atoms with Gasteiger partial charge >= 0.3 is 0 Å². The first-order chi connectivity index (χ1) is 8.61. The highest BCUT2D eigenvalue weighted by atomic mass is 16.5. The number of amides is 1. The molecule has 0 atom stereocenters. The number of benzene rings is 1. The predicted molar refractivity (Wildman–Crippen MR) is 68.9 cm³/mol. The fourth-order valence-corrected chi connectivity index (χ4v) is 1.96. The van der Waals surface area contributed by atoms with Crippen LogP contribution < -0.4 is 10.1 Å². The van der Waals surface area contributed by atoms with Crippen molar-refractivity contribution in [3.8, 4) is 11.6 Å². The summed E-state index contributed by atoms with van der Waals surface area (Å²) < 4.78 is 5.16. The Bertz CT molecular complexity index is 575. The summed E-state index contributed by atoms with van der Waals surface area (Å²) in [7, 11) is 1.60. The maximum atomic E-state index is 10.8. The van der Waals surface area contributed by atoms with Crippen LogP contribution in [0.25, 0.3) is 10.9 Å². The van der Waals surface area contributed by atoms with Crippen LogP contribution >= 0.6 is 0 Å². The van der Waals surface area contributed by atoms with E-state index in [1.807, 2.05) is 18.2 Å². The van der Waals surface area contributed by atoms with Crippen LogP contribution in [0.15, 0.2) is 18.2 Å². The summed E-state index contributed by atoms with van der Waals surface area (Å²) in [5.74, 6) is 0.804. The molecule has 0 aliphatic heterocycles. The largest absolute Gasteiger partial charge is 0.497 e. The molecule has 0 saturated carbocycles. The second-order valence-corrected chi connectivity index (χ2v) is 4.10. The summed E-state index contributed by atoms with van der Waals surface area (Å²) >= 11 is 0. The van der Waals surface area contributed by atoms with Gasteiger partial charge in [0.25, 0.3) is 0 Å². The van der Waals surface area contributed by atoms with Crippen molar-refractivity contribution in [3.63, 3.8) is 0 Å². The van der Waals surface area contributed by atoms with Gasteiger partial charge in [-0.2, -0.15) is 0 Å². The van der Waals surface area contributed by atoms with E-state index in [1.165, 1.54) is 6.92 Å². The topological polar surface area (TPSA) is 74.3 Å². The lowest BCUT2D eigenvalue weighted by molar-refractivity contribution is -0.118. The Labute approximate surface area is 105 Å². The van der Waals surface area contributed by atoms with E-state index in [1.54, 1.807) is 7.11 Å². The van der Waals surface area contributed by atoms with Gasteiger partial charge in [0.15, 0.2) is 5.88 Å². The SMILES string of the molecule is COc1ccc2[nH]c(O)c(CCNC(C)=O)c2c1. The highest BCUT2D eigenvalue weighted by molar-refractivity contribution is 5.87. The zero-order valence-electron chi connectivity index (χ0n) is 10.4. The average Bonchev–Trinajstić information content (AvgIpc) is 2.64. The zero-order valence-corrected chi connectivity index (χ0v) is 10.4. The highest BCUT2D eigenvalue weighted by Gasteiger charge is 2.11. The molecule has 1 heterocycles. The van der Waals surface area contributed by atoms with Gasteiger partial charge in [0.05, 0.1) is 7.11 Å². The molecular formula is C13H16N2O3. The molecule has 5 nitrogen and oxygen atoms in total. The van der Waals surface area contributed by atoms with Crippen LogP contribution in [-0.4, -0.2) is 29.7 Å². The molecule has 96 valence electrons. The molecule has 3 N–H and O–H groups in total. The number of hydrogen-bond donors (Lipinski definition) is 3. The van der Waals surface area contributed by atoms with Crippen molar-refractivity contribution in [1.29, 1.82) is 0 Å². The first-order valence-corrected chi connectivity index (χ1v) is 5.74. The Hall–Kier alpha value is -2.17. The van der Waals surface area contributed by atoms with E-state index >= 15 is 0 Å². The second kappa shape index (κ2) is 5.00. The lowest BCUT2D eigenvalue weighted by Gasteiger charge is -2.03. The number of hydrogen-bond acceptors (Lipinski definition) is 3. The fourth-order valence-electron chi connectivity index (χ4n) is 1.96. The third kappa shape index (κ3) is 2.40. The van der Waals surface area contributed by atoms with Gasteiger partial charge in [0.1, 0.15) is 5.75 Å². The van der Waals surface area contributed by atoms with Gasteiger partial charge < -0.3 is 20.1 Å². The maximum absolute atomic E-state index is 10.8. The molecule has 0 spiro atoms. The molecule has 0 fully saturated rings. The number of ether oxygens (including phenoxy) is 1. The normalized spacial score (nSPS) is 10.6. The zero-order chi connectivity index (χ0) is 13.1. The van der Waals surface area contributed by atoms with E-state index < -0.39 is 0 Å². The number of fused-ring (bicyclic) bond motifs is 1. The summed E-state index contributed by atoms with van der Waals surface area (Å²) in [6.07, 6.45) is 0.568. The number of H-pyrrole nitrogens is 1. The van der Waals surface area contributed by atoms with Crippen molar-refractivity contribution in [2.45, 2.75) is 13.3 Å². The van der Waals surface area contributed by atoms with Crippen LogP contribution in [0.2, 0.25) is 0 Å². The van der Waals surface area contributed by atoms with E-state index in [0.717, 1.165) is 22.2 Å². The van der Waals surface area contributed by atoms with Crippen LogP contribution in [0.1, 0.15) is 12.5 Å². The third-order valence-electron chi connectivity index (χ3n) is 2.84. The Balaban J connectivity index is 2.29. The molecule has 0 bridgehead atoms. The summed E-state index contributed by atoms with van der Waals surface area (Å²) in [5, 5.41) is 13.5. The number of methoxy groups -OCH3 is 1. The molecule has 2 aromatic rings. The van der Waals surface area contributed by atoms with E-state index in [9.17, 15) is 9.90 Å². The lowest BCUT2D eigenvalue weighted by Crippen LogP contribution is -2.22. The highest BCUT2D eigenvalue weighted by Crippen LogP contribution is 2.30. The molecule has 18 heavy (non-hydrogen) atoms. The quantitative estimate of drug-likeness (QED) is 0.768. The summed E-state index contributed by atoms with van der Waals surface area (Å²) in [5.41, 5.74) is 1.64. The lowest BCUT2D eigenvalue weighted by atomic mass is 10.1. The Morgan fingerprint density at radius 1 is 1.50 bits per heavy atom. The number of carbonyl (C=O) groups is 1. The van der Waals surface area contributed by atoms with Crippen molar-refractivity contribution >= 4 is 16.8 Å². The van der Waals surface area contributed by atoms with Gasteiger partial charge in [0.2, 0.25) is 5.91 Å². The summed E-state index contributed by atoms with van der Waals surface area (Å²) in [4.78, 5) is 13.7. The van der Waals surface area contributed by atoms with Crippen LogP contribution in [0.4, 0.5) is 0 Å². The second-order valence-electron chi connectivity index (χ2n) is 4.10. The molecular weight excluding hydrogens is 232 g/mol. The van der Waals surface area contributed by atoms with Crippen LogP contribution in [0, 0.1) is 0 Å². The summed E-state index contributed by atoms with van der Waals surface area (Å²) in [6, 6.07) is 5.56. The van der Waals surface area contributed by atoms with Gasteiger partial charge in [-0.25, -0.2) is 0 Å². The van der Waals surface area contributed by atoms with Crippen molar-refractivity contribution < 1.29 is 14.6 Å². The number of nitrogens with one attached hydrogen (secondary N) is 2. The van der Waals surface area contributed by atoms with Crippen molar-refractivity contribution in [3.05, 3.63) is 23.8 Å². The third-order valence-corrected chi connectivity index (χ3v) is 2.84. The molecule has 0 unspecified atom stereocenters. The number of aromatic amines is 1. The van der Waals surface area contributed by atoms with Gasteiger partial charge in [0, 0.05) is 29.9 Å². The Kier molecular flexibility index (Phi) is 3.41. The van der Waals surface area contributed by atoms with Crippen LogP contribution in [0.5, 0.6) is 11.6 Å². The minimum absolute atomic E-state index is 0.0769. The first-order valence-electron chi connectivity index (χ1n) is 5.74. The number of aromatic nitrogens is 1. The number of aromatic hydroxyl groups is 1. The monoisotopic (exact) mass is 248 g/mol. The molecule has 0 aliphatic rings. The van der Waals surface area contributed by atoms with Gasteiger partial charge in [-0.3, -0.25) is 4.79 Å². The van der Waals surface area contributed by atoms with Gasteiger partial charge in [-0.1, -0.05) is 0 Å². The predicted octanol–water partition coefficient (Wildman–Crippen LogP) is 1.56. The van der Waals surface area contributed by atoms with E-state index in [2.05, 4.69) is 10.3 Å². The molecule has 1 aromatic carbocycles. The molecule has 2 rings (SSSR count). The Morgan fingerprint density at radius 2 is 2.28 bits per heavy atom. The standard InChI is InChI=1S/C13H16N2O3/c1-8(16)14-6-5-10-11-7-9(18-2)3-4-12(11)15-13(10)17/h3-4,7,15,17H,5-6H2,1-2H3,(H,14,16). The van der Waals surface area contributed by atoms with Crippen molar-refractivity contribution in [2.75, 3.05) is 13.7 Å². The van der Waals surface area contributed by atoms with E-state index in [0.29, 0.717) is 13.0 Å². The Morgan fingerprint density at radius 3 is 2.94 bits per heavy atom. The molecule has 0 radical (unpaired) electrons. The summed E-state index contributed by atoms with van der Waals surface area (Å²) in [6.45, 7) is 1.96. The first kappa shape index (κ1) is 12.3. The number of carbonyl (C=O) groups excluding carboxylic acids is 1. The van der Waals surface area contributed by atoms with E-state index in [-0.39, 0.29) is 11.8 Å². The van der Waals surface area contributed by atoms with Crippen molar-refractivity contribution in [2.24, 2.45) is 0 Å². The van der Waals surface area contributed by atoms with Crippen LogP contribution in [-0.2, 0) is 11.2 Å². The molecule has 1 aromatic heterocycles. The van der Waals surface area contributed by atoms with Gasteiger partial charge in [-0.05, 0) is 24.6 Å². The molecule has 1 amide bonds. The average molecular weight is 248 g/mol. The minimum Gasteiger partial charge on any atom is -0.497 e. The maximum Gasteiger partial charge on any atom is 0.216 e.